The van der Waals surface area contributed by atoms with Gasteiger partial charge in [0.25, 0.3) is 0 Å². The van der Waals surface area contributed by atoms with Crippen LogP contribution in [0.1, 0.15) is 83.3 Å². The minimum atomic E-state index is -2.46. The maximum absolute atomic E-state index is 15.7. The van der Waals surface area contributed by atoms with Crippen LogP contribution in [0.15, 0.2) is 83.5 Å². The molecule has 18 heteroatoms. The number of hydrogen-bond donors (Lipinski definition) is 7. The Hall–Kier alpha value is -4.89. The standard InChI is InChI=1S/C48H59NO17/c1-8-23(2)41(57)49-33(26-15-11-9-12-16-26)36(54)43(59)63-29-20-48(60)40(65-42(58)27-17-13-10-14-18-27)38-46(7,39(56)35(53)32(24(29)3)45(48,5)6)30(19-31-47(38,22-62-31)66-25(4)50)64-44-37(55)34(52)28(51)21-61-44/h8-18,28-31,33-38,40,44,51-55,60H,19-22H2,1-7H3,(H,49,57)/b23-8+/t28-,29+,30+,31-,33-,34+,35-,36?,37-,38+,40+,44+,46-,47+,48-/m1/s1. The Morgan fingerprint density at radius 1 is 0.909 bits per heavy atom. The number of carbonyl (C=O) groups is 5. The molecule has 2 heterocycles. The first-order chi connectivity index (χ1) is 31.0. The maximum atomic E-state index is 15.7. The number of rotatable bonds is 11. The third-order valence-electron chi connectivity index (χ3n) is 14.7. The van der Waals surface area contributed by atoms with Crippen molar-refractivity contribution in [2.45, 2.75) is 140 Å². The van der Waals surface area contributed by atoms with Gasteiger partial charge in [-0.2, -0.15) is 0 Å². The molecule has 18 nitrogen and oxygen atoms in total. The summed E-state index contributed by atoms with van der Waals surface area (Å²) in [5.74, 6) is -6.24. The fourth-order valence-corrected chi connectivity index (χ4v) is 10.7. The first kappa shape index (κ1) is 49.0. The Morgan fingerprint density at radius 3 is 2.14 bits per heavy atom. The summed E-state index contributed by atoms with van der Waals surface area (Å²) in [7, 11) is 0. The molecule has 2 saturated heterocycles. The van der Waals surface area contributed by atoms with E-state index in [-0.39, 0.29) is 29.7 Å². The number of ether oxygens (including phenoxy) is 6. The van der Waals surface area contributed by atoms with Crippen LogP contribution in [0, 0.1) is 16.7 Å². The zero-order valence-electron chi connectivity index (χ0n) is 37.8. The molecule has 1 unspecified atom stereocenters. The molecule has 2 bridgehead atoms. The number of aliphatic hydroxyl groups excluding tert-OH is 5. The fourth-order valence-electron chi connectivity index (χ4n) is 10.7. The highest BCUT2D eigenvalue weighted by molar-refractivity contribution is 5.95. The number of esters is 3. The number of Topliss-reactive ketones (excluding diaryl/α,β-unsaturated/α-hetero) is 1. The fraction of sp³-hybridized carbons (Fsp3) is 0.562. The first-order valence-corrected chi connectivity index (χ1v) is 22.0. The number of nitrogens with one attached hydrogen (secondary N) is 1. The monoisotopic (exact) mass is 921 g/mol. The third kappa shape index (κ3) is 8.09. The van der Waals surface area contributed by atoms with Crippen LogP contribution in [0.2, 0.25) is 0 Å². The van der Waals surface area contributed by atoms with Gasteiger partial charge in [0.15, 0.2) is 23.8 Å². The molecule has 0 aromatic heterocycles. The molecule has 1 amide bonds. The highest BCUT2D eigenvalue weighted by Crippen LogP contribution is 2.65. The molecule has 15 atom stereocenters. The van der Waals surface area contributed by atoms with E-state index in [2.05, 4.69) is 5.32 Å². The van der Waals surface area contributed by atoms with Gasteiger partial charge in [-0.1, -0.05) is 68.5 Å². The zero-order valence-corrected chi connectivity index (χ0v) is 37.8. The van der Waals surface area contributed by atoms with E-state index in [0.29, 0.717) is 11.1 Å². The number of allylic oxidation sites excluding steroid dienone is 1. The van der Waals surface area contributed by atoms with Crippen LogP contribution < -0.4 is 5.32 Å². The number of carbonyl (C=O) groups excluding carboxylic acids is 5. The van der Waals surface area contributed by atoms with Crippen molar-refractivity contribution in [3.8, 4) is 0 Å². The smallest absolute Gasteiger partial charge is 0.338 e. The minimum Gasteiger partial charge on any atom is -0.456 e. The van der Waals surface area contributed by atoms with E-state index in [0.717, 1.165) is 6.92 Å². The maximum Gasteiger partial charge on any atom is 0.338 e. The van der Waals surface area contributed by atoms with Gasteiger partial charge >= 0.3 is 17.9 Å². The summed E-state index contributed by atoms with van der Waals surface area (Å²) in [6, 6.07) is 14.6. The second-order valence-electron chi connectivity index (χ2n) is 18.7. The third-order valence-corrected chi connectivity index (χ3v) is 14.7. The van der Waals surface area contributed by atoms with E-state index in [1.807, 2.05) is 0 Å². The van der Waals surface area contributed by atoms with Crippen molar-refractivity contribution in [3.05, 3.63) is 94.6 Å². The molecule has 4 fully saturated rings. The molecule has 7 rings (SSSR count). The Morgan fingerprint density at radius 2 is 1.55 bits per heavy atom. The Kier molecular flexibility index (Phi) is 13.6. The normalized spacial score (nSPS) is 37.0. The summed E-state index contributed by atoms with van der Waals surface area (Å²) < 4.78 is 36.7. The van der Waals surface area contributed by atoms with Gasteiger partial charge in [0.2, 0.25) is 5.91 Å². The summed E-state index contributed by atoms with van der Waals surface area (Å²) in [6.45, 7) is 9.42. The number of ketones is 1. The second-order valence-corrected chi connectivity index (χ2v) is 18.7. The molecular formula is C48H59NO17. The van der Waals surface area contributed by atoms with Crippen molar-refractivity contribution >= 4 is 29.6 Å². The highest BCUT2D eigenvalue weighted by atomic mass is 16.7. The van der Waals surface area contributed by atoms with E-state index < -0.39 is 138 Å². The number of aliphatic hydroxyl groups is 6. The zero-order chi connectivity index (χ0) is 48.3. The van der Waals surface area contributed by atoms with Crippen LogP contribution in [-0.2, 0) is 47.6 Å². The molecule has 3 aliphatic carbocycles. The van der Waals surface area contributed by atoms with Gasteiger partial charge in [-0.3, -0.25) is 14.4 Å². The molecule has 66 heavy (non-hydrogen) atoms. The lowest BCUT2D eigenvalue weighted by Crippen LogP contribution is -2.82. The lowest BCUT2D eigenvalue weighted by Gasteiger charge is -2.68. The summed E-state index contributed by atoms with van der Waals surface area (Å²) in [5.41, 5.74) is -7.49. The highest BCUT2D eigenvalue weighted by Gasteiger charge is 2.78. The molecular weight excluding hydrogens is 863 g/mol. The van der Waals surface area contributed by atoms with Crippen LogP contribution in [0.25, 0.3) is 0 Å². The van der Waals surface area contributed by atoms with E-state index >= 15 is 4.79 Å². The van der Waals surface area contributed by atoms with Crippen LogP contribution >= 0.6 is 0 Å². The Bertz CT molecular complexity index is 2270. The summed E-state index contributed by atoms with van der Waals surface area (Å²) in [4.78, 5) is 70.7. The molecule has 358 valence electrons. The second kappa shape index (κ2) is 18.3. The number of hydrogen-bond acceptors (Lipinski definition) is 17. The number of benzene rings is 2. The van der Waals surface area contributed by atoms with Crippen molar-refractivity contribution in [2.75, 3.05) is 13.2 Å². The predicted octanol–water partition coefficient (Wildman–Crippen LogP) is 1.28. The molecule has 2 saturated carbocycles. The quantitative estimate of drug-likeness (QED) is 0.0724. The van der Waals surface area contributed by atoms with Crippen molar-refractivity contribution < 1.29 is 83.0 Å². The van der Waals surface area contributed by atoms with E-state index in [4.69, 9.17) is 28.4 Å². The van der Waals surface area contributed by atoms with Gasteiger partial charge in [0.1, 0.15) is 48.3 Å². The topological polar surface area (TPSA) is 274 Å². The molecule has 2 aromatic carbocycles. The lowest BCUT2D eigenvalue weighted by molar-refractivity contribution is -0.366. The van der Waals surface area contributed by atoms with E-state index in [1.54, 1.807) is 68.5 Å². The SMILES string of the molecule is C/C=C(\C)C(=O)N[C@H](c1ccccc1)C(O)C(=O)O[C@H]1C[C@@]2(O)[C@@H](OC(=O)c3ccccc3)[C@@H]3[C@]4(OC(C)=O)CO[C@@H]4C[C@H](O[C@@H]4OC[C@@H](O)[C@H](O)[C@H]4O)[C@@]3(C)C(=O)[C@H](O)C(=C1C)C2(C)C. The van der Waals surface area contributed by atoms with Crippen molar-refractivity contribution in [1.29, 1.82) is 0 Å². The molecule has 0 spiro atoms. The van der Waals surface area contributed by atoms with Gasteiger partial charge in [-0.15, -0.1) is 0 Å². The largest absolute Gasteiger partial charge is 0.456 e. The van der Waals surface area contributed by atoms with Crippen LogP contribution in [0.3, 0.4) is 0 Å². The van der Waals surface area contributed by atoms with Gasteiger partial charge in [-0.05, 0) is 56.5 Å². The molecule has 7 N–H and O–H groups in total. The average Bonchev–Trinajstić information content (AvgIpc) is 3.28. The molecule has 2 aliphatic heterocycles. The summed E-state index contributed by atoms with van der Waals surface area (Å²) in [5, 5.41) is 72.6. The minimum absolute atomic E-state index is 0.0304. The van der Waals surface area contributed by atoms with Crippen molar-refractivity contribution in [3.63, 3.8) is 0 Å². The van der Waals surface area contributed by atoms with Gasteiger partial charge in [0.05, 0.1) is 42.3 Å². The summed E-state index contributed by atoms with van der Waals surface area (Å²) >= 11 is 0. The molecule has 5 aliphatic rings. The Labute approximate surface area is 381 Å². The van der Waals surface area contributed by atoms with Crippen LogP contribution in [0.5, 0.6) is 0 Å². The van der Waals surface area contributed by atoms with Crippen LogP contribution in [-0.4, -0.2) is 146 Å². The molecule has 2 aromatic rings. The number of fused-ring (bicyclic) bond motifs is 5. The summed E-state index contributed by atoms with van der Waals surface area (Å²) in [6.07, 6.45) is -16.1. The number of amides is 1. The van der Waals surface area contributed by atoms with Gasteiger partial charge in [0, 0.05) is 30.8 Å². The van der Waals surface area contributed by atoms with Crippen molar-refractivity contribution in [1.82, 2.24) is 5.32 Å². The predicted molar refractivity (Wildman–Crippen MR) is 228 cm³/mol. The van der Waals surface area contributed by atoms with E-state index in [1.165, 1.54) is 39.8 Å². The van der Waals surface area contributed by atoms with Crippen LogP contribution in [0.4, 0.5) is 0 Å². The first-order valence-electron chi connectivity index (χ1n) is 22.0. The van der Waals surface area contributed by atoms with E-state index in [9.17, 15) is 49.8 Å². The van der Waals surface area contributed by atoms with Gasteiger partial charge in [-0.25, -0.2) is 9.59 Å². The lowest BCUT2D eigenvalue weighted by atomic mass is 9.44. The average molecular weight is 922 g/mol. The van der Waals surface area contributed by atoms with Gasteiger partial charge < -0.3 is 64.4 Å². The molecule has 0 radical (unpaired) electrons. The Balaban J connectivity index is 1.39. The van der Waals surface area contributed by atoms with Crippen molar-refractivity contribution in [2.24, 2.45) is 16.7 Å².